The van der Waals surface area contributed by atoms with Gasteiger partial charge >= 0.3 is 11.9 Å². The summed E-state index contributed by atoms with van der Waals surface area (Å²) in [5, 5.41) is 12.6. The molecule has 0 heterocycles. The Morgan fingerprint density at radius 2 is 1.82 bits per heavy atom. The van der Waals surface area contributed by atoms with Crippen LogP contribution in [0.5, 0.6) is 0 Å². The molecule has 184 valence electrons. The van der Waals surface area contributed by atoms with Crippen LogP contribution in [0.15, 0.2) is 18.2 Å². The molecule has 1 aliphatic carbocycles. The number of carbonyl (C=O) groups excluding carboxylic acids is 2. The molecule has 6 heteroatoms. The first-order valence-corrected chi connectivity index (χ1v) is 12.6. The van der Waals surface area contributed by atoms with Gasteiger partial charge in [-0.25, -0.2) is 9.59 Å². The monoisotopic (exact) mass is 459 g/mol. The Bertz CT molecular complexity index is 821. The number of rotatable bonds is 13. The van der Waals surface area contributed by atoms with Crippen molar-refractivity contribution in [1.82, 2.24) is 5.32 Å². The van der Waals surface area contributed by atoms with E-state index in [4.69, 9.17) is 4.74 Å². The van der Waals surface area contributed by atoms with Gasteiger partial charge in [0, 0.05) is 12.8 Å². The van der Waals surface area contributed by atoms with E-state index in [2.05, 4.69) is 30.4 Å². The van der Waals surface area contributed by atoms with E-state index >= 15 is 0 Å². The number of unbranched alkanes of at least 4 members (excludes halogenated alkanes) is 5. The van der Waals surface area contributed by atoms with Gasteiger partial charge in [-0.05, 0) is 62.1 Å². The Morgan fingerprint density at radius 3 is 2.45 bits per heavy atom. The number of hydrogen-bond acceptors (Lipinski definition) is 4. The van der Waals surface area contributed by atoms with Crippen LogP contribution in [0.3, 0.4) is 0 Å². The predicted octanol–water partition coefficient (Wildman–Crippen LogP) is 5.00. The molecule has 1 aromatic carbocycles. The molecule has 0 aromatic heterocycles. The summed E-state index contributed by atoms with van der Waals surface area (Å²) in [6, 6.07) is 6.41. The summed E-state index contributed by atoms with van der Waals surface area (Å²) in [4.78, 5) is 37.5. The number of ether oxygens (including phenoxy) is 1. The second-order valence-corrected chi connectivity index (χ2v) is 9.48. The third-order valence-corrected chi connectivity index (χ3v) is 6.85. The largest absolute Gasteiger partial charge is 0.479 e. The number of esters is 1. The third kappa shape index (κ3) is 7.05. The average molecular weight is 460 g/mol. The summed E-state index contributed by atoms with van der Waals surface area (Å²) in [6.45, 7) is 7.04. The van der Waals surface area contributed by atoms with Crippen LogP contribution in [0.1, 0.15) is 95.8 Å². The van der Waals surface area contributed by atoms with E-state index in [1.165, 1.54) is 56.6 Å². The number of benzene rings is 1. The molecule has 3 unspecified atom stereocenters. The molecular weight excluding hydrogens is 418 g/mol. The van der Waals surface area contributed by atoms with Crippen molar-refractivity contribution in [2.45, 2.75) is 110 Å². The number of fused-ring (bicyclic) bond motifs is 1. The van der Waals surface area contributed by atoms with E-state index < -0.39 is 35.4 Å². The van der Waals surface area contributed by atoms with E-state index in [-0.39, 0.29) is 0 Å². The van der Waals surface area contributed by atoms with Gasteiger partial charge < -0.3 is 15.2 Å². The SMILES string of the molecule is CCCCCCCCc1ccc2c(c1)CCC(C(NC(C)=O)(C(=O)O)C(=O)OC(C)CC)C2. The Morgan fingerprint density at radius 1 is 1.12 bits per heavy atom. The third-order valence-electron chi connectivity index (χ3n) is 6.85. The molecule has 1 amide bonds. The predicted molar refractivity (Wildman–Crippen MR) is 129 cm³/mol. The molecule has 2 N–H and O–H groups in total. The fourth-order valence-electron chi connectivity index (χ4n) is 4.71. The topological polar surface area (TPSA) is 92.7 Å². The molecule has 33 heavy (non-hydrogen) atoms. The fourth-order valence-corrected chi connectivity index (χ4v) is 4.71. The number of aryl methyl sites for hydroxylation is 2. The minimum absolute atomic E-state index is 0.412. The molecule has 1 aromatic rings. The number of aliphatic carboxylic acids is 1. The van der Waals surface area contributed by atoms with Crippen molar-refractivity contribution >= 4 is 17.8 Å². The van der Waals surface area contributed by atoms with Gasteiger partial charge in [-0.3, -0.25) is 4.79 Å². The molecule has 0 saturated carbocycles. The van der Waals surface area contributed by atoms with Gasteiger partial charge in [0.05, 0.1) is 6.10 Å². The number of hydrogen-bond donors (Lipinski definition) is 2. The molecule has 0 spiro atoms. The maximum atomic E-state index is 13.1. The molecular formula is C27H41NO5. The Kier molecular flexibility index (Phi) is 10.4. The minimum atomic E-state index is -2.08. The summed E-state index contributed by atoms with van der Waals surface area (Å²) in [7, 11) is 0. The van der Waals surface area contributed by atoms with Gasteiger partial charge in [-0.15, -0.1) is 0 Å². The first kappa shape index (κ1) is 26.9. The van der Waals surface area contributed by atoms with Crippen LogP contribution in [0.2, 0.25) is 0 Å². The number of amides is 1. The second kappa shape index (κ2) is 12.8. The molecule has 0 radical (unpaired) electrons. The lowest BCUT2D eigenvalue weighted by Crippen LogP contribution is -2.66. The van der Waals surface area contributed by atoms with E-state index in [1.807, 2.05) is 6.92 Å². The molecule has 6 nitrogen and oxygen atoms in total. The first-order valence-electron chi connectivity index (χ1n) is 12.6. The van der Waals surface area contributed by atoms with Crippen LogP contribution < -0.4 is 5.32 Å². The quantitative estimate of drug-likeness (QED) is 0.246. The fraction of sp³-hybridized carbons (Fsp3) is 0.667. The van der Waals surface area contributed by atoms with E-state index in [0.717, 1.165) is 12.0 Å². The normalized spacial score (nSPS) is 18.0. The number of carboxylic acid groups (broad SMARTS) is 1. The highest BCUT2D eigenvalue weighted by atomic mass is 16.5. The van der Waals surface area contributed by atoms with E-state index in [9.17, 15) is 19.5 Å². The zero-order valence-electron chi connectivity index (χ0n) is 20.7. The van der Waals surface area contributed by atoms with Gasteiger partial charge in [0.15, 0.2) is 0 Å². The van der Waals surface area contributed by atoms with Crippen molar-refractivity contribution in [3.63, 3.8) is 0 Å². The number of carboxylic acids is 1. The highest BCUT2D eigenvalue weighted by Crippen LogP contribution is 2.35. The zero-order valence-corrected chi connectivity index (χ0v) is 20.7. The molecule has 0 fully saturated rings. The Labute approximate surface area is 198 Å². The summed E-state index contributed by atoms with van der Waals surface area (Å²) >= 11 is 0. The molecule has 2 rings (SSSR count). The summed E-state index contributed by atoms with van der Waals surface area (Å²) in [5.74, 6) is -3.38. The van der Waals surface area contributed by atoms with Crippen molar-refractivity contribution in [3.8, 4) is 0 Å². The van der Waals surface area contributed by atoms with Crippen molar-refractivity contribution in [1.29, 1.82) is 0 Å². The van der Waals surface area contributed by atoms with Gasteiger partial charge in [0.1, 0.15) is 0 Å². The lowest BCUT2D eigenvalue weighted by molar-refractivity contribution is -0.172. The lowest BCUT2D eigenvalue weighted by atomic mass is 9.72. The molecule has 0 bridgehead atoms. The lowest BCUT2D eigenvalue weighted by Gasteiger charge is -2.38. The highest BCUT2D eigenvalue weighted by Gasteiger charge is 2.55. The summed E-state index contributed by atoms with van der Waals surface area (Å²) in [6.07, 6.45) is 10.4. The number of carbonyl (C=O) groups is 3. The van der Waals surface area contributed by atoms with Gasteiger partial charge in [-0.1, -0.05) is 64.2 Å². The second-order valence-electron chi connectivity index (χ2n) is 9.48. The Balaban J connectivity index is 2.16. The highest BCUT2D eigenvalue weighted by molar-refractivity contribution is 6.07. The Hall–Kier alpha value is -2.37. The van der Waals surface area contributed by atoms with Gasteiger partial charge in [0.2, 0.25) is 11.4 Å². The van der Waals surface area contributed by atoms with Crippen LogP contribution in [-0.4, -0.2) is 34.6 Å². The standard InChI is InChI=1S/C27H41NO5/c1-5-7-8-9-10-11-12-21-13-14-23-18-24(16-15-22(23)17-21)27(25(30)31,28-20(4)29)26(32)33-19(3)6-2/h13-14,17,19,24H,5-12,15-16,18H2,1-4H3,(H,28,29)(H,30,31). The van der Waals surface area contributed by atoms with Crippen molar-refractivity contribution in [3.05, 3.63) is 34.9 Å². The van der Waals surface area contributed by atoms with Crippen LogP contribution in [-0.2, 0) is 38.4 Å². The molecule has 1 aliphatic rings. The average Bonchev–Trinajstić information content (AvgIpc) is 2.78. The van der Waals surface area contributed by atoms with Crippen LogP contribution in [0.25, 0.3) is 0 Å². The maximum absolute atomic E-state index is 13.1. The van der Waals surface area contributed by atoms with Crippen molar-refractivity contribution < 1.29 is 24.2 Å². The van der Waals surface area contributed by atoms with Gasteiger partial charge in [-0.2, -0.15) is 0 Å². The summed E-state index contributed by atoms with van der Waals surface area (Å²) < 4.78 is 5.43. The van der Waals surface area contributed by atoms with Crippen LogP contribution in [0.4, 0.5) is 0 Å². The molecule has 0 aliphatic heterocycles. The van der Waals surface area contributed by atoms with Gasteiger partial charge in [0.25, 0.3) is 0 Å². The van der Waals surface area contributed by atoms with E-state index in [0.29, 0.717) is 25.7 Å². The smallest absolute Gasteiger partial charge is 0.344 e. The van der Waals surface area contributed by atoms with Crippen molar-refractivity contribution in [2.75, 3.05) is 0 Å². The zero-order chi connectivity index (χ0) is 24.4. The molecule has 3 atom stereocenters. The maximum Gasteiger partial charge on any atom is 0.344 e. The van der Waals surface area contributed by atoms with Crippen LogP contribution in [0, 0.1) is 5.92 Å². The molecule has 0 saturated heterocycles. The minimum Gasteiger partial charge on any atom is -0.479 e. The van der Waals surface area contributed by atoms with E-state index in [1.54, 1.807) is 6.92 Å². The number of nitrogens with one attached hydrogen (secondary N) is 1. The van der Waals surface area contributed by atoms with Crippen molar-refractivity contribution in [2.24, 2.45) is 5.92 Å². The first-order chi connectivity index (χ1) is 15.7. The summed E-state index contributed by atoms with van der Waals surface area (Å²) in [5.41, 5.74) is 1.49. The van der Waals surface area contributed by atoms with Crippen LogP contribution >= 0.6 is 0 Å².